The zero-order valence-electron chi connectivity index (χ0n) is 12.7. The average Bonchev–Trinajstić information content (AvgIpc) is 3.00. The van der Waals surface area contributed by atoms with Gasteiger partial charge in [-0.2, -0.15) is 0 Å². The Bertz CT molecular complexity index is 321. The predicted molar refractivity (Wildman–Crippen MR) is 77.9 cm³/mol. The SMILES string of the molecule is CCNC(CC1CC2CCC1C2)C1CCC(F)(F)CC1. The molecule has 1 nitrogen and oxygen atoms in total. The van der Waals surface area contributed by atoms with E-state index in [-0.39, 0.29) is 12.8 Å². The van der Waals surface area contributed by atoms with E-state index in [1.165, 1.54) is 32.1 Å². The molecule has 4 atom stereocenters. The first-order valence-corrected chi connectivity index (χ1v) is 8.68. The van der Waals surface area contributed by atoms with Gasteiger partial charge in [-0.15, -0.1) is 0 Å². The second-order valence-electron chi connectivity index (χ2n) is 7.53. The normalized spacial score (nSPS) is 38.2. The van der Waals surface area contributed by atoms with Crippen LogP contribution in [0, 0.1) is 23.7 Å². The molecule has 0 amide bonds. The summed E-state index contributed by atoms with van der Waals surface area (Å²) in [7, 11) is 0. The monoisotopic (exact) mass is 285 g/mol. The van der Waals surface area contributed by atoms with Gasteiger partial charge in [0.25, 0.3) is 0 Å². The van der Waals surface area contributed by atoms with Gasteiger partial charge < -0.3 is 5.32 Å². The van der Waals surface area contributed by atoms with Crippen molar-refractivity contribution in [3.05, 3.63) is 0 Å². The second-order valence-corrected chi connectivity index (χ2v) is 7.53. The van der Waals surface area contributed by atoms with Gasteiger partial charge >= 0.3 is 0 Å². The first-order chi connectivity index (χ1) is 9.57. The Hall–Kier alpha value is -0.180. The van der Waals surface area contributed by atoms with Crippen molar-refractivity contribution in [2.45, 2.75) is 76.7 Å². The minimum absolute atomic E-state index is 0.107. The summed E-state index contributed by atoms with van der Waals surface area (Å²) in [6.45, 7) is 3.11. The molecule has 2 bridgehead atoms. The Labute approximate surface area is 121 Å². The third-order valence-electron chi connectivity index (χ3n) is 6.24. The van der Waals surface area contributed by atoms with Gasteiger partial charge in [0.05, 0.1) is 0 Å². The molecular weight excluding hydrogens is 256 g/mol. The van der Waals surface area contributed by atoms with Crippen LogP contribution in [0.25, 0.3) is 0 Å². The maximum Gasteiger partial charge on any atom is 0.248 e. The highest BCUT2D eigenvalue weighted by Crippen LogP contribution is 2.50. The third kappa shape index (κ3) is 3.18. The summed E-state index contributed by atoms with van der Waals surface area (Å²) < 4.78 is 26.7. The fourth-order valence-corrected chi connectivity index (χ4v) is 5.16. The van der Waals surface area contributed by atoms with Crippen molar-refractivity contribution in [3.8, 4) is 0 Å². The first kappa shape index (κ1) is 14.7. The van der Waals surface area contributed by atoms with Crippen LogP contribution in [-0.4, -0.2) is 18.5 Å². The average molecular weight is 285 g/mol. The van der Waals surface area contributed by atoms with E-state index in [0.29, 0.717) is 24.8 Å². The molecule has 0 heterocycles. The molecule has 20 heavy (non-hydrogen) atoms. The number of rotatable bonds is 5. The van der Waals surface area contributed by atoms with Crippen molar-refractivity contribution >= 4 is 0 Å². The maximum absolute atomic E-state index is 13.3. The zero-order valence-corrected chi connectivity index (χ0v) is 12.7. The van der Waals surface area contributed by atoms with Crippen LogP contribution in [0.5, 0.6) is 0 Å². The fraction of sp³-hybridized carbons (Fsp3) is 1.00. The first-order valence-electron chi connectivity index (χ1n) is 8.68. The van der Waals surface area contributed by atoms with Gasteiger partial charge in [0, 0.05) is 18.9 Å². The van der Waals surface area contributed by atoms with Gasteiger partial charge in [0.15, 0.2) is 0 Å². The molecule has 116 valence electrons. The number of halogens is 2. The summed E-state index contributed by atoms with van der Waals surface area (Å²) in [5, 5.41) is 3.62. The van der Waals surface area contributed by atoms with E-state index >= 15 is 0 Å². The molecule has 0 saturated heterocycles. The highest BCUT2D eigenvalue weighted by Gasteiger charge is 2.42. The van der Waals surface area contributed by atoms with Crippen LogP contribution < -0.4 is 5.32 Å². The van der Waals surface area contributed by atoms with Crippen LogP contribution >= 0.6 is 0 Å². The van der Waals surface area contributed by atoms with Gasteiger partial charge in [0.2, 0.25) is 5.92 Å². The van der Waals surface area contributed by atoms with Gasteiger partial charge in [-0.05, 0) is 68.7 Å². The van der Waals surface area contributed by atoms with Crippen LogP contribution in [0.1, 0.15) is 64.7 Å². The Morgan fingerprint density at radius 2 is 1.85 bits per heavy atom. The quantitative estimate of drug-likeness (QED) is 0.777. The van der Waals surface area contributed by atoms with Crippen LogP contribution in [0.3, 0.4) is 0 Å². The summed E-state index contributed by atoms with van der Waals surface area (Å²) >= 11 is 0. The van der Waals surface area contributed by atoms with Gasteiger partial charge in [-0.1, -0.05) is 13.3 Å². The van der Waals surface area contributed by atoms with Crippen molar-refractivity contribution in [1.82, 2.24) is 5.32 Å². The summed E-state index contributed by atoms with van der Waals surface area (Å²) in [5.74, 6) is 0.905. The molecule has 3 saturated carbocycles. The molecule has 0 spiro atoms. The molecule has 0 aromatic rings. The molecule has 3 aliphatic carbocycles. The van der Waals surface area contributed by atoms with E-state index in [0.717, 1.165) is 24.3 Å². The van der Waals surface area contributed by atoms with Crippen molar-refractivity contribution in [2.24, 2.45) is 23.7 Å². The van der Waals surface area contributed by atoms with E-state index < -0.39 is 5.92 Å². The Morgan fingerprint density at radius 1 is 1.10 bits per heavy atom. The Kier molecular flexibility index (Phi) is 4.35. The Morgan fingerprint density at radius 3 is 2.40 bits per heavy atom. The van der Waals surface area contributed by atoms with Crippen molar-refractivity contribution < 1.29 is 8.78 Å². The van der Waals surface area contributed by atoms with E-state index in [2.05, 4.69) is 12.2 Å². The minimum atomic E-state index is -2.39. The Balaban J connectivity index is 1.55. The lowest BCUT2D eigenvalue weighted by atomic mass is 9.76. The van der Waals surface area contributed by atoms with Crippen LogP contribution in [0.15, 0.2) is 0 Å². The fourth-order valence-electron chi connectivity index (χ4n) is 5.16. The van der Waals surface area contributed by atoms with Gasteiger partial charge in [-0.25, -0.2) is 8.78 Å². The van der Waals surface area contributed by atoms with E-state index in [1.54, 1.807) is 0 Å². The smallest absolute Gasteiger partial charge is 0.248 e. The molecule has 1 N–H and O–H groups in total. The standard InChI is InChI=1S/C17H29F2N/c1-2-20-16(13-5-7-17(18,19)8-6-13)11-15-10-12-3-4-14(15)9-12/h12-16,20H,2-11H2,1H3. The van der Waals surface area contributed by atoms with Gasteiger partial charge in [0.1, 0.15) is 0 Å². The number of alkyl halides is 2. The molecule has 3 fully saturated rings. The number of hydrogen-bond donors (Lipinski definition) is 1. The molecule has 0 aromatic carbocycles. The van der Waals surface area contributed by atoms with Gasteiger partial charge in [-0.3, -0.25) is 0 Å². The number of hydrogen-bond acceptors (Lipinski definition) is 1. The summed E-state index contributed by atoms with van der Waals surface area (Å²) in [5.41, 5.74) is 0. The maximum atomic E-state index is 13.3. The summed E-state index contributed by atoms with van der Waals surface area (Å²) in [6, 6.07) is 0.487. The molecule has 3 aliphatic rings. The topological polar surface area (TPSA) is 12.0 Å². The predicted octanol–water partition coefficient (Wildman–Crippen LogP) is 4.62. The summed E-state index contributed by atoms with van der Waals surface area (Å²) in [4.78, 5) is 0. The lowest BCUT2D eigenvalue weighted by molar-refractivity contribution is -0.0506. The molecule has 0 aromatic heterocycles. The molecular formula is C17H29F2N. The second kappa shape index (κ2) is 5.90. The van der Waals surface area contributed by atoms with Crippen molar-refractivity contribution in [1.29, 1.82) is 0 Å². The molecule has 0 radical (unpaired) electrons. The van der Waals surface area contributed by atoms with E-state index in [9.17, 15) is 8.78 Å². The van der Waals surface area contributed by atoms with Crippen molar-refractivity contribution in [2.75, 3.05) is 6.54 Å². The lowest BCUT2D eigenvalue weighted by Gasteiger charge is -2.36. The third-order valence-corrected chi connectivity index (χ3v) is 6.24. The van der Waals surface area contributed by atoms with Crippen LogP contribution in [0.2, 0.25) is 0 Å². The molecule has 4 unspecified atom stereocenters. The zero-order chi connectivity index (χ0) is 14.2. The summed E-state index contributed by atoms with van der Waals surface area (Å²) in [6.07, 6.45) is 8.62. The highest BCUT2D eigenvalue weighted by atomic mass is 19.3. The van der Waals surface area contributed by atoms with E-state index in [1.807, 2.05) is 0 Å². The van der Waals surface area contributed by atoms with Crippen molar-refractivity contribution in [3.63, 3.8) is 0 Å². The molecule has 0 aliphatic heterocycles. The van der Waals surface area contributed by atoms with E-state index in [4.69, 9.17) is 0 Å². The highest BCUT2D eigenvalue weighted by molar-refractivity contribution is 4.94. The lowest BCUT2D eigenvalue weighted by Crippen LogP contribution is -2.41. The number of nitrogens with one attached hydrogen (secondary N) is 1. The largest absolute Gasteiger partial charge is 0.314 e. The van der Waals surface area contributed by atoms with Crippen LogP contribution in [-0.2, 0) is 0 Å². The molecule has 3 rings (SSSR count). The van der Waals surface area contributed by atoms with Crippen LogP contribution in [0.4, 0.5) is 8.78 Å². The number of fused-ring (bicyclic) bond motifs is 2. The molecule has 3 heteroatoms. The minimum Gasteiger partial charge on any atom is -0.314 e.